The summed E-state index contributed by atoms with van der Waals surface area (Å²) in [6, 6.07) is 3.77. The van der Waals surface area contributed by atoms with E-state index in [-0.39, 0.29) is 12.5 Å². The molecular formula is C13H20N2O2S. The average molecular weight is 268 g/mol. The summed E-state index contributed by atoms with van der Waals surface area (Å²) in [5, 5.41) is 11.8. The minimum absolute atomic E-state index is 0.0354. The first-order valence-electron chi connectivity index (χ1n) is 6.16. The number of rotatable bonds is 8. The zero-order chi connectivity index (χ0) is 13.2. The third-order valence-electron chi connectivity index (χ3n) is 2.72. The van der Waals surface area contributed by atoms with E-state index in [1.54, 1.807) is 12.4 Å². The fourth-order valence-corrected chi connectivity index (χ4v) is 2.24. The number of carbonyl (C=O) groups excluding carboxylic acids is 1. The van der Waals surface area contributed by atoms with Crippen LogP contribution in [-0.2, 0) is 4.79 Å². The first-order valence-corrected chi connectivity index (χ1v) is 7.15. The van der Waals surface area contributed by atoms with Gasteiger partial charge in [0.2, 0.25) is 5.91 Å². The Morgan fingerprint density at radius 1 is 1.50 bits per heavy atom. The van der Waals surface area contributed by atoms with Crippen LogP contribution in [0.3, 0.4) is 0 Å². The Morgan fingerprint density at radius 3 is 2.83 bits per heavy atom. The summed E-state index contributed by atoms with van der Waals surface area (Å²) in [5.74, 6) is 0.817. The smallest absolute Gasteiger partial charge is 0.230 e. The van der Waals surface area contributed by atoms with E-state index in [1.165, 1.54) is 11.8 Å². The van der Waals surface area contributed by atoms with Crippen molar-refractivity contribution in [3.63, 3.8) is 0 Å². The number of aliphatic hydroxyl groups is 1. The van der Waals surface area contributed by atoms with Crippen molar-refractivity contribution in [2.24, 2.45) is 5.92 Å². The largest absolute Gasteiger partial charge is 0.396 e. The SMILES string of the molecule is CCC(CCO)CNC(=O)CSc1ccncc1. The zero-order valence-corrected chi connectivity index (χ0v) is 11.4. The summed E-state index contributed by atoms with van der Waals surface area (Å²) < 4.78 is 0. The molecule has 5 heteroatoms. The molecule has 1 rings (SSSR count). The second-order valence-electron chi connectivity index (χ2n) is 4.06. The molecule has 0 radical (unpaired) electrons. The Balaban J connectivity index is 2.21. The summed E-state index contributed by atoms with van der Waals surface area (Å²) in [6.07, 6.45) is 5.15. The van der Waals surface area contributed by atoms with Crippen LogP contribution in [0, 0.1) is 5.92 Å². The van der Waals surface area contributed by atoms with E-state index in [4.69, 9.17) is 5.11 Å². The van der Waals surface area contributed by atoms with Crippen LogP contribution in [0.4, 0.5) is 0 Å². The topological polar surface area (TPSA) is 62.2 Å². The van der Waals surface area contributed by atoms with Crippen LogP contribution < -0.4 is 5.32 Å². The van der Waals surface area contributed by atoms with E-state index in [0.29, 0.717) is 18.2 Å². The van der Waals surface area contributed by atoms with Crippen molar-refractivity contribution in [2.45, 2.75) is 24.7 Å². The van der Waals surface area contributed by atoms with Crippen LogP contribution in [0.2, 0.25) is 0 Å². The molecule has 1 amide bonds. The number of aromatic nitrogens is 1. The van der Waals surface area contributed by atoms with Crippen molar-refractivity contribution in [1.29, 1.82) is 0 Å². The average Bonchev–Trinajstić information content (AvgIpc) is 2.42. The van der Waals surface area contributed by atoms with Gasteiger partial charge in [0.15, 0.2) is 0 Å². The van der Waals surface area contributed by atoms with Gasteiger partial charge in [0, 0.05) is 30.4 Å². The van der Waals surface area contributed by atoms with E-state index < -0.39 is 0 Å². The van der Waals surface area contributed by atoms with Gasteiger partial charge in [0.25, 0.3) is 0 Å². The lowest BCUT2D eigenvalue weighted by molar-refractivity contribution is -0.118. The third-order valence-corrected chi connectivity index (χ3v) is 3.73. The highest BCUT2D eigenvalue weighted by molar-refractivity contribution is 8.00. The number of nitrogens with zero attached hydrogens (tertiary/aromatic N) is 1. The normalized spacial score (nSPS) is 12.1. The summed E-state index contributed by atoms with van der Waals surface area (Å²) in [6.45, 7) is 2.89. The molecule has 0 aliphatic rings. The number of pyridine rings is 1. The molecule has 0 aliphatic carbocycles. The van der Waals surface area contributed by atoms with Gasteiger partial charge in [-0.2, -0.15) is 0 Å². The molecule has 18 heavy (non-hydrogen) atoms. The fraction of sp³-hybridized carbons (Fsp3) is 0.538. The van der Waals surface area contributed by atoms with Crippen molar-refractivity contribution in [1.82, 2.24) is 10.3 Å². The van der Waals surface area contributed by atoms with Crippen LogP contribution in [0.15, 0.2) is 29.4 Å². The lowest BCUT2D eigenvalue weighted by Crippen LogP contribution is -2.30. The van der Waals surface area contributed by atoms with Crippen molar-refractivity contribution in [2.75, 3.05) is 18.9 Å². The van der Waals surface area contributed by atoms with Crippen LogP contribution in [0.1, 0.15) is 19.8 Å². The molecule has 0 spiro atoms. The van der Waals surface area contributed by atoms with Crippen LogP contribution in [0.5, 0.6) is 0 Å². The van der Waals surface area contributed by atoms with Gasteiger partial charge >= 0.3 is 0 Å². The maximum atomic E-state index is 11.6. The quantitative estimate of drug-likeness (QED) is 0.704. The van der Waals surface area contributed by atoms with Gasteiger partial charge < -0.3 is 10.4 Å². The first-order chi connectivity index (χ1) is 8.76. The molecular weight excluding hydrogens is 248 g/mol. The van der Waals surface area contributed by atoms with Crippen LogP contribution in [-0.4, -0.2) is 34.9 Å². The van der Waals surface area contributed by atoms with E-state index in [9.17, 15) is 4.79 Å². The predicted octanol–water partition coefficient (Wildman–Crippen LogP) is 1.70. The number of carbonyl (C=O) groups is 1. The second kappa shape index (κ2) is 8.94. The van der Waals surface area contributed by atoms with Gasteiger partial charge in [-0.25, -0.2) is 0 Å². The molecule has 4 nitrogen and oxygen atoms in total. The summed E-state index contributed by atoms with van der Waals surface area (Å²) in [4.78, 5) is 16.6. The highest BCUT2D eigenvalue weighted by atomic mass is 32.2. The first kappa shape index (κ1) is 15.0. The number of thioether (sulfide) groups is 1. The number of hydrogen-bond acceptors (Lipinski definition) is 4. The van der Waals surface area contributed by atoms with Gasteiger partial charge in [-0.05, 0) is 24.5 Å². The molecule has 1 aromatic rings. The van der Waals surface area contributed by atoms with Crippen molar-refractivity contribution in [3.05, 3.63) is 24.5 Å². The summed E-state index contributed by atoms with van der Waals surface area (Å²) in [5.41, 5.74) is 0. The number of amides is 1. The lowest BCUT2D eigenvalue weighted by atomic mass is 10.0. The number of nitrogens with one attached hydrogen (secondary N) is 1. The Labute approximate surface area is 112 Å². The molecule has 0 saturated carbocycles. The highest BCUT2D eigenvalue weighted by Crippen LogP contribution is 2.15. The van der Waals surface area contributed by atoms with Crippen molar-refractivity contribution < 1.29 is 9.90 Å². The highest BCUT2D eigenvalue weighted by Gasteiger charge is 2.08. The molecule has 100 valence electrons. The zero-order valence-electron chi connectivity index (χ0n) is 10.6. The Kier molecular flexibility index (Phi) is 7.44. The number of aliphatic hydroxyl groups excluding tert-OH is 1. The maximum Gasteiger partial charge on any atom is 0.230 e. The maximum absolute atomic E-state index is 11.6. The molecule has 1 aromatic heterocycles. The minimum atomic E-state index is 0.0354. The van der Waals surface area contributed by atoms with Gasteiger partial charge in [-0.15, -0.1) is 11.8 Å². The van der Waals surface area contributed by atoms with Gasteiger partial charge in [0.1, 0.15) is 0 Å². The second-order valence-corrected chi connectivity index (χ2v) is 5.11. The molecule has 0 aliphatic heterocycles. The fourth-order valence-electron chi connectivity index (χ4n) is 1.53. The van der Waals surface area contributed by atoms with E-state index in [1.807, 2.05) is 12.1 Å². The summed E-state index contributed by atoms with van der Waals surface area (Å²) in [7, 11) is 0. The Hall–Kier alpha value is -1.07. The van der Waals surface area contributed by atoms with Gasteiger partial charge in [0.05, 0.1) is 5.75 Å². The van der Waals surface area contributed by atoms with Crippen molar-refractivity contribution in [3.8, 4) is 0 Å². The monoisotopic (exact) mass is 268 g/mol. The summed E-state index contributed by atoms with van der Waals surface area (Å²) >= 11 is 1.50. The number of hydrogen-bond donors (Lipinski definition) is 2. The van der Waals surface area contributed by atoms with E-state index >= 15 is 0 Å². The van der Waals surface area contributed by atoms with Crippen LogP contribution >= 0.6 is 11.8 Å². The minimum Gasteiger partial charge on any atom is -0.396 e. The molecule has 1 unspecified atom stereocenters. The van der Waals surface area contributed by atoms with Gasteiger partial charge in [-0.1, -0.05) is 13.3 Å². The molecule has 0 bridgehead atoms. The molecule has 0 fully saturated rings. The molecule has 1 heterocycles. The van der Waals surface area contributed by atoms with E-state index in [2.05, 4.69) is 17.2 Å². The molecule has 0 saturated heterocycles. The Morgan fingerprint density at radius 2 is 2.22 bits per heavy atom. The van der Waals surface area contributed by atoms with Crippen molar-refractivity contribution >= 4 is 17.7 Å². The van der Waals surface area contributed by atoms with Gasteiger partial charge in [-0.3, -0.25) is 9.78 Å². The molecule has 1 atom stereocenters. The predicted molar refractivity (Wildman–Crippen MR) is 73.5 cm³/mol. The third kappa shape index (κ3) is 6.02. The lowest BCUT2D eigenvalue weighted by Gasteiger charge is -2.14. The standard InChI is InChI=1S/C13H20N2O2S/c1-2-11(5-8-16)9-15-13(17)10-18-12-3-6-14-7-4-12/h3-4,6-7,11,16H,2,5,8-10H2,1H3,(H,15,17). The van der Waals surface area contributed by atoms with E-state index in [0.717, 1.165) is 17.7 Å². The van der Waals surface area contributed by atoms with Crippen LogP contribution in [0.25, 0.3) is 0 Å². The molecule has 0 aromatic carbocycles. The Bertz CT molecular complexity index is 346. The molecule has 2 N–H and O–H groups in total.